The molecule has 0 aromatic rings. The molecule has 0 aliphatic carbocycles. The average Bonchev–Trinajstić information content (AvgIpc) is 2.61. The molecular weight excluding hydrogens is 186 g/mol. The number of esters is 1. The number of nitrogens with zero attached hydrogens (tertiary/aromatic N) is 1. The maximum Gasteiger partial charge on any atom is 0.323 e. The number of likely N-dealkylation sites (tertiary alicyclic amines) is 1. The summed E-state index contributed by atoms with van der Waals surface area (Å²) in [4.78, 5) is 13.5. The first-order valence-corrected chi connectivity index (χ1v) is 5.84. The molecule has 0 N–H and O–H groups in total. The minimum absolute atomic E-state index is 0.0176. The van der Waals surface area contributed by atoms with E-state index in [0.717, 1.165) is 31.0 Å². The van der Waals surface area contributed by atoms with Gasteiger partial charge in [0.1, 0.15) is 6.04 Å². The second-order valence-electron chi connectivity index (χ2n) is 3.12. The van der Waals surface area contributed by atoms with Crippen LogP contribution in [0.3, 0.4) is 0 Å². The van der Waals surface area contributed by atoms with Gasteiger partial charge >= 0.3 is 5.97 Å². The third kappa shape index (κ3) is 2.88. The van der Waals surface area contributed by atoms with Crippen molar-refractivity contribution in [3.8, 4) is 0 Å². The van der Waals surface area contributed by atoms with Crippen molar-refractivity contribution < 1.29 is 9.53 Å². The van der Waals surface area contributed by atoms with E-state index in [9.17, 15) is 4.79 Å². The Kier molecular flexibility index (Phi) is 4.59. The van der Waals surface area contributed by atoms with Crippen molar-refractivity contribution in [1.82, 2.24) is 4.90 Å². The van der Waals surface area contributed by atoms with Crippen LogP contribution in [-0.4, -0.2) is 42.2 Å². The molecular formula is C9H17NO2S. The molecule has 4 heteroatoms. The minimum Gasteiger partial charge on any atom is -0.468 e. The number of ether oxygens (including phenoxy) is 1. The van der Waals surface area contributed by atoms with Gasteiger partial charge in [0.15, 0.2) is 0 Å². The Bertz CT molecular complexity index is 175. The summed E-state index contributed by atoms with van der Waals surface area (Å²) in [5.41, 5.74) is 0. The Hall–Kier alpha value is -0.220. The summed E-state index contributed by atoms with van der Waals surface area (Å²) in [5, 5.41) is 0. The Morgan fingerprint density at radius 1 is 1.69 bits per heavy atom. The van der Waals surface area contributed by atoms with Crippen LogP contribution in [-0.2, 0) is 9.53 Å². The number of hydrogen-bond acceptors (Lipinski definition) is 4. The van der Waals surface area contributed by atoms with Crippen molar-refractivity contribution in [2.75, 3.05) is 25.3 Å². The smallest absolute Gasteiger partial charge is 0.323 e. The maximum absolute atomic E-state index is 11.3. The van der Waals surface area contributed by atoms with Gasteiger partial charge in [-0.05, 0) is 25.1 Å². The van der Waals surface area contributed by atoms with E-state index in [1.165, 1.54) is 7.11 Å². The molecule has 76 valence electrons. The van der Waals surface area contributed by atoms with Crippen LogP contribution in [0, 0.1) is 0 Å². The van der Waals surface area contributed by atoms with Crippen LogP contribution >= 0.6 is 11.8 Å². The van der Waals surface area contributed by atoms with Crippen molar-refractivity contribution >= 4 is 17.7 Å². The van der Waals surface area contributed by atoms with Crippen LogP contribution in [0.25, 0.3) is 0 Å². The second kappa shape index (κ2) is 5.50. The molecule has 1 aliphatic rings. The molecule has 0 bridgehead atoms. The Balaban J connectivity index is 2.39. The van der Waals surface area contributed by atoms with Gasteiger partial charge in [-0.25, -0.2) is 0 Å². The van der Waals surface area contributed by atoms with Crippen LogP contribution in [0.15, 0.2) is 0 Å². The van der Waals surface area contributed by atoms with Gasteiger partial charge < -0.3 is 4.74 Å². The summed E-state index contributed by atoms with van der Waals surface area (Å²) in [6, 6.07) is 0.0176. The lowest BCUT2D eigenvalue weighted by Gasteiger charge is -2.21. The Morgan fingerprint density at radius 2 is 2.46 bits per heavy atom. The third-order valence-corrected chi connectivity index (χ3v) is 3.22. The molecule has 1 rings (SSSR count). The van der Waals surface area contributed by atoms with Crippen molar-refractivity contribution in [2.24, 2.45) is 0 Å². The summed E-state index contributed by atoms with van der Waals surface area (Å²) in [6.45, 7) is 3.17. The molecule has 1 saturated heterocycles. The highest BCUT2D eigenvalue weighted by molar-refractivity contribution is 7.99. The van der Waals surface area contributed by atoms with Crippen LogP contribution in [0.2, 0.25) is 0 Å². The largest absolute Gasteiger partial charge is 0.468 e. The number of thioether (sulfide) groups is 1. The third-order valence-electron chi connectivity index (χ3n) is 2.30. The predicted octanol–water partition coefficient (Wildman–Crippen LogP) is 1.33. The zero-order valence-electron chi connectivity index (χ0n) is 8.28. The highest BCUT2D eigenvalue weighted by Crippen LogP contribution is 2.20. The van der Waals surface area contributed by atoms with Gasteiger partial charge in [-0.3, -0.25) is 9.69 Å². The standard InChI is InChI=1S/C9H17NO2S/c1-3-13-7-10-6-4-5-8(10)9(11)12-2/h8H,3-7H2,1-2H3. The predicted molar refractivity (Wildman–Crippen MR) is 54.7 cm³/mol. The maximum atomic E-state index is 11.3. The zero-order chi connectivity index (χ0) is 9.68. The summed E-state index contributed by atoms with van der Waals surface area (Å²) in [5.74, 6) is 1.98. The quantitative estimate of drug-likeness (QED) is 0.645. The van der Waals surface area contributed by atoms with Crippen molar-refractivity contribution in [1.29, 1.82) is 0 Å². The molecule has 1 heterocycles. The van der Waals surface area contributed by atoms with Gasteiger partial charge in [-0.15, -0.1) is 11.8 Å². The van der Waals surface area contributed by atoms with Crippen molar-refractivity contribution in [2.45, 2.75) is 25.8 Å². The number of carbonyl (C=O) groups is 1. The van der Waals surface area contributed by atoms with E-state index < -0.39 is 0 Å². The first kappa shape index (κ1) is 10.9. The van der Waals surface area contributed by atoms with Gasteiger partial charge in [0.25, 0.3) is 0 Å². The average molecular weight is 203 g/mol. The lowest BCUT2D eigenvalue weighted by Crippen LogP contribution is -2.36. The molecule has 1 fully saturated rings. The van der Waals surface area contributed by atoms with E-state index >= 15 is 0 Å². The van der Waals surface area contributed by atoms with Crippen molar-refractivity contribution in [3.05, 3.63) is 0 Å². The first-order chi connectivity index (χ1) is 6.29. The van der Waals surface area contributed by atoms with Gasteiger partial charge in [-0.2, -0.15) is 0 Å². The second-order valence-corrected chi connectivity index (χ2v) is 4.36. The van der Waals surface area contributed by atoms with Gasteiger partial charge in [0, 0.05) is 5.88 Å². The summed E-state index contributed by atoms with van der Waals surface area (Å²) >= 11 is 1.86. The van der Waals surface area contributed by atoms with Gasteiger partial charge in [-0.1, -0.05) is 6.92 Å². The van der Waals surface area contributed by atoms with Gasteiger partial charge in [0.2, 0.25) is 0 Å². The molecule has 0 amide bonds. The fraction of sp³-hybridized carbons (Fsp3) is 0.889. The normalized spacial score (nSPS) is 23.4. The fourth-order valence-electron chi connectivity index (χ4n) is 1.59. The van der Waals surface area contributed by atoms with E-state index in [1.807, 2.05) is 11.8 Å². The Labute approximate surface area is 83.8 Å². The molecule has 1 unspecified atom stereocenters. The summed E-state index contributed by atoms with van der Waals surface area (Å²) < 4.78 is 4.75. The van der Waals surface area contributed by atoms with E-state index in [4.69, 9.17) is 4.74 Å². The topological polar surface area (TPSA) is 29.5 Å². The first-order valence-electron chi connectivity index (χ1n) is 4.69. The van der Waals surface area contributed by atoms with Crippen LogP contribution in [0.4, 0.5) is 0 Å². The molecule has 1 aliphatic heterocycles. The molecule has 1 atom stereocenters. The minimum atomic E-state index is -0.0748. The van der Waals surface area contributed by atoms with E-state index in [1.54, 1.807) is 0 Å². The monoisotopic (exact) mass is 203 g/mol. The van der Waals surface area contributed by atoms with Crippen LogP contribution in [0.5, 0.6) is 0 Å². The van der Waals surface area contributed by atoms with Crippen molar-refractivity contribution in [3.63, 3.8) is 0 Å². The molecule has 0 spiro atoms. The SMILES string of the molecule is CCSCN1CCCC1C(=O)OC. The lowest BCUT2D eigenvalue weighted by atomic mass is 10.2. The van der Waals surface area contributed by atoms with Gasteiger partial charge in [0.05, 0.1) is 7.11 Å². The Morgan fingerprint density at radius 3 is 3.08 bits per heavy atom. The molecule has 13 heavy (non-hydrogen) atoms. The highest BCUT2D eigenvalue weighted by Gasteiger charge is 2.30. The molecule has 0 saturated carbocycles. The molecule has 3 nitrogen and oxygen atoms in total. The molecule has 0 aromatic carbocycles. The van der Waals surface area contributed by atoms with Crippen LogP contribution < -0.4 is 0 Å². The zero-order valence-corrected chi connectivity index (χ0v) is 9.10. The lowest BCUT2D eigenvalue weighted by molar-refractivity contribution is -0.145. The summed E-state index contributed by atoms with van der Waals surface area (Å²) in [6.07, 6.45) is 2.07. The van der Waals surface area contributed by atoms with Crippen LogP contribution in [0.1, 0.15) is 19.8 Å². The van der Waals surface area contributed by atoms with E-state index in [-0.39, 0.29) is 12.0 Å². The van der Waals surface area contributed by atoms with E-state index in [2.05, 4.69) is 11.8 Å². The number of hydrogen-bond donors (Lipinski definition) is 0. The highest BCUT2D eigenvalue weighted by atomic mass is 32.2. The fourth-order valence-corrected chi connectivity index (χ4v) is 2.32. The summed E-state index contributed by atoms with van der Waals surface area (Å²) in [7, 11) is 1.46. The number of methoxy groups -OCH3 is 1. The molecule has 0 radical (unpaired) electrons. The van der Waals surface area contributed by atoms with E-state index in [0.29, 0.717) is 0 Å². The molecule has 0 aromatic heterocycles. The number of rotatable bonds is 4. The number of carbonyl (C=O) groups excluding carboxylic acids is 1.